The number of esters is 1. The highest BCUT2D eigenvalue weighted by molar-refractivity contribution is 5.84. The van der Waals surface area contributed by atoms with Gasteiger partial charge in [0.1, 0.15) is 6.54 Å². The average molecular weight is 338 g/mol. The number of carbonyl (C=O) groups is 2. The number of carbonyl (C=O) groups excluding carboxylic acids is 2. The monoisotopic (exact) mass is 337 g/mol. The number of hydrogen-bond acceptors (Lipinski definition) is 3. The number of allylic oxidation sites excluding steroid dienone is 2. The second-order valence-corrected chi connectivity index (χ2v) is 6.67. The van der Waals surface area contributed by atoms with Crippen LogP contribution < -0.4 is 0 Å². The second-order valence-electron chi connectivity index (χ2n) is 6.67. The Morgan fingerprint density at radius 2 is 1.71 bits per heavy atom. The average Bonchev–Trinajstić information content (AvgIpc) is 2.94. The number of rotatable bonds is 13. The zero-order valence-electron chi connectivity index (χ0n) is 15.6. The second kappa shape index (κ2) is 13.0. The molecule has 1 unspecified atom stereocenters. The van der Waals surface area contributed by atoms with Crippen molar-refractivity contribution in [3.8, 4) is 0 Å². The van der Waals surface area contributed by atoms with Gasteiger partial charge in [-0.3, -0.25) is 14.5 Å². The summed E-state index contributed by atoms with van der Waals surface area (Å²) in [6.07, 6.45) is 16.5. The van der Waals surface area contributed by atoms with Gasteiger partial charge < -0.3 is 4.74 Å². The van der Waals surface area contributed by atoms with E-state index >= 15 is 0 Å². The first kappa shape index (κ1) is 20.7. The maximum atomic E-state index is 12.3. The molecule has 1 aliphatic rings. The van der Waals surface area contributed by atoms with Gasteiger partial charge in [-0.1, -0.05) is 64.5 Å². The van der Waals surface area contributed by atoms with Crippen molar-refractivity contribution in [3.63, 3.8) is 0 Å². The molecule has 0 aliphatic carbocycles. The highest BCUT2D eigenvalue weighted by atomic mass is 16.6. The van der Waals surface area contributed by atoms with Crippen molar-refractivity contribution in [1.82, 2.24) is 4.90 Å². The summed E-state index contributed by atoms with van der Waals surface area (Å²) < 4.78 is 5.32. The number of hydrogen-bond donors (Lipinski definition) is 0. The largest absolute Gasteiger partial charge is 0.440 e. The van der Waals surface area contributed by atoms with Crippen LogP contribution in [-0.2, 0) is 14.3 Å². The number of ether oxygens (including phenoxy) is 1. The van der Waals surface area contributed by atoms with Crippen molar-refractivity contribution < 1.29 is 14.3 Å². The van der Waals surface area contributed by atoms with Crippen molar-refractivity contribution in [2.75, 3.05) is 6.54 Å². The molecule has 0 aromatic rings. The molecule has 1 rings (SSSR count). The first-order valence-electron chi connectivity index (χ1n) is 9.83. The molecule has 0 saturated carbocycles. The minimum atomic E-state index is -0.360. The summed E-state index contributed by atoms with van der Waals surface area (Å²) in [6, 6.07) is 0. The van der Waals surface area contributed by atoms with Crippen LogP contribution in [0.2, 0.25) is 0 Å². The van der Waals surface area contributed by atoms with Gasteiger partial charge in [-0.05, 0) is 25.7 Å². The lowest BCUT2D eigenvalue weighted by atomic mass is 10.1. The summed E-state index contributed by atoms with van der Waals surface area (Å²) in [4.78, 5) is 25.5. The van der Waals surface area contributed by atoms with E-state index in [0.29, 0.717) is 12.8 Å². The van der Waals surface area contributed by atoms with Crippen LogP contribution in [0.3, 0.4) is 0 Å². The molecular weight excluding hydrogens is 302 g/mol. The predicted molar refractivity (Wildman–Crippen MR) is 97.5 cm³/mol. The Labute approximate surface area is 147 Å². The van der Waals surface area contributed by atoms with Crippen LogP contribution in [0.15, 0.2) is 12.2 Å². The topological polar surface area (TPSA) is 46.6 Å². The Bertz CT molecular complexity index is 392. The van der Waals surface area contributed by atoms with E-state index < -0.39 is 0 Å². The molecule has 1 saturated heterocycles. The van der Waals surface area contributed by atoms with Gasteiger partial charge in [-0.25, -0.2) is 0 Å². The molecule has 0 spiro atoms. The third-order valence-corrected chi connectivity index (χ3v) is 4.45. The van der Waals surface area contributed by atoms with Crippen molar-refractivity contribution in [2.45, 2.75) is 97.1 Å². The molecule has 0 bridgehead atoms. The van der Waals surface area contributed by atoms with Gasteiger partial charge in [0.2, 0.25) is 5.91 Å². The SMILES string of the molecule is CCCCCC=CCCC1OC(=O)CN1C(=O)CCCCCCC. The molecule has 4 nitrogen and oxygen atoms in total. The van der Waals surface area contributed by atoms with Gasteiger partial charge in [0.25, 0.3) is 0 Å². The zero-order chi connectivity index (χ0) is 17.6. The first-order valence-corrected chi connectivity index (χ1v) is 9.83. The zero-order valence-corrected chi connectivity index (χ0v) is 15.6. The molecule has 1 heterocycles. The molecule has 138 valence electrons. The van der Waals surface area contributed by atoms with Gasteiger partial charge >= 0.3 is 5.97 Å². The third kappa shape index (κ3) is 8.51. The standard InChI is InChI=1S/C20H35NO3/c1-3-5-7-9-10-12-14-16-19-21(17-20(23)24-19)18(22)15-13-11-8-6-4-2/h10,12,19H,3-9,11,13-17H2,1-2H3. The van der Waals surface area contributed by atoms with Crippen LogP contribution in [0.1, 0.15) is 90.9 Å². The van der Waals surface area contributed by atoms with Crippen LogP contribution in [0.4, 0.5) is 0 Å². The summed E-state index contributed by atoms with van der Waals surface area (Å²) in [5.74, 6) is -0.208. The summed E-state index contributed by atoms with van der Waals surface area (Å²) >= 11 is 0. The minimum absolute atomic E-state index is 0.0641. The Balaban J connectivity index is 2.26. The molecule has 24 heavy (non-hydrogen) atoms. The van der Waals surface area contributed by atoms with Gasteiger partial charge in [0.05, 0.1) is 0 Å². The Kier molecular flexibility index (Phi) is 11.2. The van der Waals surface area contributed by atoms with E-state index in [1.54, 1.807) is 4.90 Å². The van der Waals surface area contributed by atoms with Gasteiger partial charge in [0.15, 0.2) is 6.23 Å². The number of cyclic esters (lactones) is 1. The Morgan fingerprint density at radius 3 is 2.46 bits per heavy atom. The van der Waals surface area contributed by atoms with Crippen LogP contribution in [0, 0.1) is 0 Å². The quantitative estimate of drug-likeness (QED) is 0.271. The maximum Gasteiger partial charge on any atom is 0.327 e. The first-order chi connectivity index (χ1) is 11.7. The van der Waals surface area contributed by atoms with E-state index in [4.69, 9.17) is 4.74 Å². The van der Waals surface area contributed by atoms with Crippen LogP contribution in [-0.4, -0.2) is 29.5 Å². The fourth-order valence-electron chi connectivity index (χ4n) is 2.97. The number of amides is 1. The van der Waals surface area contributed by atoms with Gasteiger partial charge in [0, 0.05) is 12.8 Å². The summed E-state index contributed by atoms with van der Waals surface area (Å²) in [5, 5.41) is 0. The lowest BCUT2D eigenvalue weighted by molar-refractivity contribution is -0.143. The highest BCUT2D eigenvalue weighted by Crippen LogP contribution is 2.19. The molecule has 0 aromatic carbocycles. The van der Waals surface area contributed by atoms with E-state index in [1.807, 2.05) is 0 Å². The molecule has 0 radical (unpaired) electrons. The van der Waals surface area contributed by atoms with Crippen LogP contribution in [0.5, 0.6) is 0 Å². The van der Waals surface area contributed by atoms with Crippen LogP contribution >= 0.6 is 0 Å². The number of nitrogens with zero attached hydrogens (tertiary/aromatic N) is 1. The fourth-order valence-corrected chi connectivity index (χ4v) is 2.97. The number of unbranched alkanes of at least 4 members (excludes halogenated alkanes) is 7. The molecule has 1 fully saturated rings. The molecule has 0 N–H and O–H groups in total. The van der Waals surface area contributed by atoms with Gasteiger partial charge in [-0.2, -0.15) is 0 Å². The predicted octanol–water partition coefficient (Wildman–Crippen LogP) is 4.98. The smallest absolute Gasteiger partial charge is 0.327 e. The summed E-state index contributed by atoms with van der Waals surface area (Å²) in [7, 11) is 0. The molecule has 4 heteroatoms. The lowest BCUT2D eigenvalue weighted by Gasteiger charge is -2.21. The van der Waals surface area contributed by atoms with E-state index in [9.17, 15) is 9.59 Å². The van der Waals surface area contributed by atoms with Gasteiger partial charge in [-0.15, -0.1) is 0 Å². The minimum Gasteiger partial charge on any atom is -0.440 e. The molecular formula is C20H35NO3. The van der Waals surface area contributed by atoms with E-state index in [2.05, 4.69) is 26.0 Å². The maximum absolute atomic E-state index is 12.3. The molecule has 1 amide bonds. The summed E-state index contributed by atoms with van der Waals surface area (Å²) in [6.45, 7) is 4.51. The van der Waals surface area contributed by atoms with Crippen molar-refractivity contribution >= 4 is 11.9 Å². The normalized spacial score (nSPS) is 17.7. The Hall–Kier alpha value is -1.32. The molecule has 1 aliphatic heterocycles. The van der Waals surface area contributed by atoms with E-state index in [-0.39, 0.29) is 24.6 Å². The lowest BCUT2D eigenvalue weighted by Crippen LogP contribution is -2.36. The van der Waals surface area contributed by atoms with Crippen molar-refractivity contribution in [3.05, 3.63) is 12.2 Å². The fraction of sp³-hybridized carbons (Fsp3) is 0.800. The third-order valence-electron chi connectivity index (χ3n) is 4.45. The van der Waals surface area contributed by atoms with Crippen molar-refractivity contribution in [1.29, 1.82) is 0 Å². The van der Waals surface area contributed by atoms with Crippen molar-refractivity contribution in [2.24, 2.45) is 0 Å². The molecule has 0 aromatic heterocycles. The van der Waals surface area contributed by atoms with E-state index in [0.717, 1.165) is 25.7 Å². The molecule has 1 atom stereocenters. The van der Waals surface area contributed by atoms with E-state index in [1.165, 1.54) is 38.5 Å². The van der Waals surface area contributed by atoms with Crippen LogP contribution in [0.25, 0.3) is 0 Å². The summed E-state index contributed by atoms with van der Waals surface area (Å²) in [5.41, 5.74) is 0. The highest BCUT2D eigenvalue weighted by Gasteiger charge is 2.34. The Morgan fingerprint density at radius 1 is 1.04 bits per heavy atom.